The minimum Gasteiger partial charge on any atom is -0.393 e. The minimum absolute atomic E-state index is 0.212. The molecule has 0 aliphatic carbocycles. The second-order valence-corrected chi connectivity index (χ2v) is 2.52. The summed E-state index contributed by atoms with van der Waals surface area (Å²) in [5.74, 6) is 0. The molecule has 0 aromatic carbocycles. The van der Waals surface area contributed by atoms with Crippen molar-refractivity contribution in [3.05, 3.63) is 0 Å². The van der Waals surface area contributed by atoms with Crippen LogP contribution in [-0.4, -0.2) is 24.3 Å². The second-order valence-electron chi connectivity index (χ2n) is 2.52. The first-order valence-corrected chi connectivity index (χ1v) is 3.89. The summed E-state index contributed by atoms with van der Waals surface area (Å²) in [4.78, 5) is 0. The second kappa shape index (κ2) is 6.99. The zero-order chi connectivity index (χ0) is 7.82. The third-order valence-electron chi connectivity index (χ3n) is 1.49. The third kappa shape index (κ3) is 6.01. The van der Waals surface area contributed by atoms with Gasteiger partial charge in [0.25, 0.3) is 0 Å². The van der Waals surface area contributed by atoms with Gasteiger partial charge in [-0.3, -0.25) is 0 Å². The summed E-state index contributed by atoms with van der Waals surface area (Å²) in [5.41, 5.74) is 10.5. The largest absolute Gasteiger partial charge is 0.393 e. The molecule has 10 heavy (non-hydrogen) atoms. The highest BCUT2D eigenvalue weighted by atomic mass is 16.3. The van der Waals surface area contributed by atoms with Crippen LogP contribution in [0.15, 0.2) is 0 Å². The van der Waals surface area contributed by atoms with E-state index in [2.05, 4.69) is 0 Å². The molecule has 0 saturated carbocycles. The quantitative estimate of drug-likeness (QED) is 0.455. The molecule has 0 radical (unpaired) electrons. The van der Waals surface area contributed by atoms with Crippen LogP contribution in [-0.2, 0) is 0 Å². The number of hydrogen-bond donors (Lipinski definition) is 3. The molecule has 0 saturated heterocycles. The first-order valence-electron chi connectivity index (χ1n) is 3.89. The number of aliphatic hydroxyl groups excluding tert-OH is 1. The Bertz CT molecular complexity index is 68.6. The average Bonchev–Trinajstić information content (AvgIpc) is 1.89. The molecule has 0 aliphatic heterocycles. The van der Waals surface area contributed by atoms with Crippen molar-refractivity contribution in [1.29, 1.82) is 0 Å². The van der Waals surface area contributed by atoms with Crippen molar-refractivity contribution in [2.24, 2.45) is 11.5 Å². The van der Waals surface area contributed by atoms with Crippen LogP contribution in [0.5, 0.6) is 0 Å². The van der Waals surface area contributed by atoms with Gasteiger partial charge in [0.1, 0.15) is 0 Å². The fraction of sp³-hybridized carbons (Fsp3) is 1.00. The van der Waals surface area contributed by atoms with Gasteiger partial charge in [0.2, 0.25) is 0 Å². The highest BCUT2D eigenvalue weighted by Crippen LogP contribution is 2.01. The molecule has 1 unspecified atom stereocenters. The SMILES string of the molecule is NCCCCC(O)CCN. The normalized spacial score (nSPS) is 13.5. The van der Waals surface area contributed by atoms with Crippen LogP contribution in [0, 0.1) is 0 Å². The van der Waals surface area contributed by atoms with Gasteiger partial charge in [0, 0.05) is 0 Å². The average molecular weight is 146 g/mol. The van der Waals surface area contributed by atoms with Crippen LogP contribution in [0.1, 0.15) is 25.7 Å². The van der Waals surface area contributed by atoms with Crippen molar-refractivity contribution in [3.8, 4) is 0 Å². The molecule has 0 aliphatic rings. The first-order chi connectivity index (χ1) is 4.81. The Morgan fingerprint density at radius 1 is 1.00 bits per heavy atom. The van der Waals surface area contributed by atoms with E-state index in [0.29, 0.717) is 13.0 Å². The first kappa shape index (κ1) is 9.88. The predicted octanol–water partition coefficient (Wildman–Crippen LogP) is -0.175. The van der Waals surface area contributed by atoms with Gasteiger partial charge in [-0.05, 0) is 38.8 Å². The summed E-state index contributed by atoms with van der Waals surface area (Å²) in [7, 11) is 0. The Kier molecular flexibility index (Phi) is 6.91. The maximum Gasteiger partial charge on any atom is 0.0552 e. The highest BCUT2D eigenvalue weighted by molar-refractivity contribution is 4.56. The van der Waals surface area contributed by atoms with Crippen LogP contribution in [0.2, 0.25) is 0 Å². The van der Waals surface area contributed by atoms with Gasteiger partial charge in [-0.15, -0.1) is 0 Å². The van der Waals surface area contributed by atoms with E-state index < -0.39 is 0 Å². The van der Waals surface area contributed by atoms with E-state index in [1.807, 2.05) is 0 Å². The molecular weight excluding hydrogens is 128 g/mol. The lowest BCUT2D eigenvalue weighted by Crippen LogP contribution is -2.13. The number of rotatable bonds is 6. The Morgan fingerprint density at radius 2 is 1.70 bits per heavy atom. The van der Waals surface area contributed by atoms with E-state index in [9.17, 15) is 0 Å². The number of aliphatic hydroxyl groups is 1. The standard InChI is InChI=1S/C7H18N2O/c8-5-2-1-3-7(10)4-6-9/h7,10H,1-6,8-9H2. The van der Waals surface area contributed by atoms with Gasteiger partial charge in [-0.1, -0.05) is 0 Å². The van der Waals surface area contributed by atoms with Gasteiger partial charge in [0.05, 0.1) is 6.10 Å². The summed E-state index contributed by atoms with van der Waals surface area (Å²) >= 11 is 0. The smallest absolute Gasteiger partial charge is 0.0552 e. The topological polar surface area (TPSA) is 72.3 Å². The molecule has 0 fully saturated rings. The molecule has 62 valence electrons. The van der Waals surface area contributed by atoms with E-state index >= 15 is 0 Å². The van der Waals surface area contributed by atoms with Crippen LogP contribution in [0.4, 0.5) is 0 Å². The van der Waals surface area contributed by atoms with E-state index in [0.717, 1.165) is 25.8 Å². The summed E-state index contributed by atoms with van der Waals surface area (Å²) in [5, 5.41) is 9.15. The Hall–Kier alpha value is -0.120. The van der Waals surface area contributed by atoms with Gasteiger partial charge in [0.15, 0.2) is 0 Å². The molecular formula is C7H18N2O. The van der Waals surface area contributed by atoms with Gasteiger partial charge in [-0.2, -0.15) is 0 Å². The van der Waals surface area contributed by atoms with Crippen molar-refractivity contribution in [2.45, 2.75) is 31.8 Å². The van der Waals surface area contributed by atoms with Crippen molar-refractivity contribution in [3.63, 3.8) is 0 Å². The molecule has 0 heterocycles. The monoisotopic (exact) mass is 146 g/mol. The zero-order valence-electron chi connectivity index (χ0n) is 6.42. The lowest BCUT2D eigenvalue weighted by atomic mass is 10.1. The molecule has 0 spiro atoms. The summed E-state index contributed by atoms with van der Waals surface area (Å²) < 4.78 is 0. The summed E-state index contributed by atoms with van der Waals surface area (Å²) in [6.45, 7) is 1.29. The van der Waals surface area contributed by atoms with Crippen molar-refractivity contribution < 1.29 is 5.11 Å². The molecule has 0 bridgehead atoms. The Labute approximate surface area is 62.4 Å². The minimum atomic E-state index is -0.212. The Morgan fingerprint density at radius 3 is 2.20 bits per heavy atom. The van der Waals surface area contributed by atoms with Gasteiger partial charge in [-0.25, -0.2) is 0 Å². The molecule has 3 nitrogen and oxygen atoms in total. The molecule has 0 aromatic rings. The predicted molar refractivity (Wildman–Crippen MR) is 42.6 cm³/mol. The van der Waals surface area contributed by atoms with E-state index in [-0.39, 0.29) is 6.10 Å². The zero-order valence-corrected chi connectivity index (χ0v) is 6.42. The van der Waals surface area contributed by atoms with Crippen molar-refractivity contribution >= 4 is 0 Å². The number of nitrogens with two attached hydrogens (primary N) is 2. The fourth-order valence-electron chi connectivity index (χ4n) is 0.861. The van der Waals surface area contributed by atoms with Crippen molar-refractivity contribution in [2.75, 3.05) is 13.1 Å². The maximum atomic E-state index is 9.15. The van der Waals surface area contributed by atoms with E-state index in [4.69, 9.17) is 16.6 Å². The number of hydrogen-bond acceptors (Lipinski definition) is 3. The molecule has 5 N–H and O–H groups in total. The lowest BCUT2D eigenvalue weighted by Gasteiger charge is -2.06. The van der Waals surface area contributed by atoms with Crippen LogP contribution in [0.3, 0.4) is 0 Å². The molecule has 0 rings (SSSR count). The van der Waals surface area contributed by atoms with Gasteiger partial charge >= 0.3 is 0 Å². The van der Waals surface area contributed by atoms with Gasteiger partial charge < -0.3 is 16.6 Å². The highest BCUT2D eigenvalue weighted by Gasteiger charge is 2.00. The third-order valence-corrected chi connectivity index (χ3v) is 1.49. The van der Waals surface area contributed by atoms with Crippen LogP contribution >= 0.6 is 0 Å². The van der Waals surface area contributed by atoms with E-state index in [1.165, 1.54) is 0 Å². The van der Waals surface area contributed by atoms with Crippen LogP contribution < -0.4 is 11.5 Å². The maximum absolute atomic E-state index is 9.15. The molecule has 1 atom stereocenters. The van der Waals surface area contributed by atoms with Crippen molar-refractivity contribution in [1.82, 2.24) is 0 Å². The Balaban J connectivity index is 2.97. The molecule has 0 amide bonds. The van der Waals surface area contributed by atoms with Crippen LogP contribution in [0.25, 0.3) is 0 Å². The summed E-state index contributed by atoms with van der Waals surface area (Å²) in [6.07, 6.45) is 3.36. The fourth-order valence-corrected chi connectivity index (χ4v) is 0.861. The number of unbranched alkanes of at least 4 members (excludes halogenated alkanes) is 1. The lowest BCUT2D eigenvalue weighted by molar-refractivity contribution is 0.154. The van der Waals surface area contributed by atoms with E-state index in [1.54, 1.807) is 0 Å². The summed E-state index contributed by atoms with van der Waals surface area (Å²) in [6, 6.07) is 0. The molecule has 0 aromatic heterocycles. The molecule has 3 heteroatoms.